The summed E-state index contributed by atoms with van der Waals surface area (Å²) in [6, 6.07) is 13.2. The van der Waals surface area contributed by atoms with E-state index in [4.69, 9.17) is 0 Å². The van der Waals surface area contributed by atoms with Crippen molar-refractivity contribution in [3.8, 4) is 0 Å². The molecule has 27 heavy (non-hydrogen) atoms. The van der Waals surface area contributed by atoms with Crippen molar-refractivity contribution < 1.29 is 13.2 Å². The number of hydrogen-bond donors (Lipinski definition) is 2. The van der Waals surface area contributed by atoms with E-state index in [9.17, 15) is 13.2 Å². The molecule has 0 saturated carbocycles. The van der Waals surface area contributed by atoms with Gasteiger partial charge >= 0.3 is 0 Å². The third kappa shape index (κ3) is 4.96. The summed E-state index contributed by atoms with van der Waals surface area (Å²) in [5.74, 6) is 0.266. The highest BCUT2D eigenvalue weighted by Gasteiger charge is 2.21. The first-order chi connectivity index (χ1) is 12.7. The fourth-order valence-corrected chi connectivity index (χ4v) is 4.16. The SMILES string of the molecule is CNS(=O)(=O)c1cc(C(=O)NCC(c2ccccc2)C(C)C)cc(C)c1C. The first-order valence-corrected chi connectivity index (χ1v) is 10.5. The van der Waals surface area contributed by atoms with Gasteiger partial charge < -0.3 is 5.32 Å². The average Bonchev–Trinajstić information content (AvgIpc) is 2.64. The Bertz CT molecular complexity index is 907. The maximum atomic E-state index is 12.7. The molecule has 0 heterocycles. The van der Waals surface area contributed by atoms with Crippen molar-refractivity contribution in [2.45, 2.75) is 38.5 Å². The van der Waals surface area contributed by atoms with E-state index < -0.39 is 10.0 Å². The van der Waals surface area contributed by atoms with Crippen LogP contribution in [-0.4, -0.2) is 27.9 Å². The summed E-state index contributed by atoms with van der Waals surface area (Å²) in [6.07, 6.45) is 0. The molecule has 0 fully saturated rings. The van der Waals surface area contributed by atoms with Crippen molar-refractivity contribution in [1.29, 1.82) is 0 Å². The highest BCUT2D eigenvalue weighted by Crippen LogP contribution is 2.24. The minimum absolute atomic E-state index is 0.138. The number of carbonyl (C=O) groups excluding carboxylic acids is 1. The molecule has 2 N–H and O–H groups in total. The minimum atomic E-state index is -3.63. The molecule has 5 nitrogen and oxygen atoms in total. The second kappa shape index (κ2) is 8.67. The van der Waals surface area contributed by atoms with Gasteiger partial charge in [0.25, 0.3) is 5.91 Å². The summed E-state index contributed by atoms with van der Waals surface area (Å²) in [7, 11) is -2.26. The highest BCUT2D eigenvalue weighted by atomic mass is 32.2. The van der Waals surface area contributed by atoms with Gasteiger partial charge in [-0.2, -0.15) is 0 Å². The van der Waals surface area contributed by atoms with Crippen molar-refractivity contribution >= 4 is 15.9 Å². The molecule has 1 unspecified atom stereocenters. The quantitative estimate of drug-likeness (QED) is 0.763. The number of sulfonamides is 1. The zero-order valence-electron chi connectivity index (χ0n) is 16.5. The van der Waals surface area contributed by atoms with Gasteiger partial charge in [-0.25, -0.2) is 13.1 Å². The van der Waals surface area contributed by atoms with Crippen LogP contribution < -0.4 is 10.0 Å². The van der Waals surface area contributed by atoms with Crippen LogP contribution in [0.5, 0.6) is 0 Å². The van der Waals surface area contributed by atoms with E-state index in [0.717, 1.165) is 5.56 Å². The maximum absolute atomic E-state index is 12.7. The molecule has 0 bridgehead atoms. The van der Waals surface area contributed by atoms with Crippen LogP contribution in [0.15, 0.2) is 47.4 Å². The second-order valence-corrected chi connectivity index (χ2v) is 8.95. The molecule has 1 amide bonds. The lowest BCUT2D eigenvalue weighted by molar-refractivity contribution is 0.0949. The maximum Gasteiger partial charge on any atom is 0.251 e. The van der Waals surface area contributed by atoms with E-state index in [1.807, 2.05) is 25.1 Å². The second-order valence-electron chi connectivity index (χ2n) is 7.10. The van der Waals surface area contributed by atoms with E-state index in [0.29, 0.717) is 23.6 Å². The molecule has 6 heteroatoms. The Morgan fingerprint density at radius 1 is 1.07 bits per heavy atom. The van der Waals surface area contributed by atoms with Gasteiger partial charge in [-0.05, 0) is 55.6 Å². The van der Waals surface area contributed by atoms with E-state index in [1.54, 1.807) is 13.0 Å². The van der Waals surface area contributed by atoms with Crippen LogP contribution in [0.25, 0.3) is 0 Å². The lowest BCUT2D eigenvalue weighted by atomic mass is 9.88. The third-order valence-electron chi connectivity index (χ3n) is 4.96. The smallest absolute Gasteiger partial charge is 0.251 e. The summed E-state index contributed by atoms with van der Waals surface area (Å²) in [5.41, 5.74) is 2.93. The van der Waals surface area contributed by atoms with Crippen LogP contribution in [0, 0.1) is 19.8 Å². The zero-order chi connectivity index (χ0) is 20.2. The number of carbonyl (C=O) groups is 1. The number of amides is 1. The van der Waals surface area contributed by atoms with E-state index >= 15 is 0 Å². The van der Waals surface area contributed by atoms with Crippen molar-refractivity contribution in [1.82, 2.24) is 10.0 Å². The first kappa shape index (κ1) is 21.1. The fraction of sp³-hybridized carbons (Fsp3) is 0.381. The minimum Gasteiger partial charge on any atom is -0.351 e. The first-order valence-electron chi connectivity index (χ1n) is 9.05. The predicted octanol–water partition coefficient (Wildman–Crippen LogP) is 3.38. The van der Waals surface area contributed by atoms with Crippen LogP contribution in [0.3, 0.4) is 0 Å². The van der Waals surface area contributed by atoms with Crippen LogP contribution in [-0.2, 0) is 10.0 Å². The van der Waals surface area contributed by atoms with E-state index in [2.05, 4.69) is 36.0 Å². The molecular weight excluding hydrogens is 360 g/mol. The summed E-state index contributed by atoms with van der Waals surface area (Å²) in [4.78, 5) is 12.8. The Balaban J connectivity index is 2.25. The van der Waals surface area contributed by atoms with Gasteiger partial charge in [0.05, 0.1) is 4.90 Å². The molecular formula is C21H28N2O3S. The standard InChI is InChI=1S/C21H28N2O3S/c1-14(2)19(17-9-7-6-8-10-17)13-23-21(24)18-11-15(3)16(4)20(12-18)27(25,26)22-5/h6-12,14,19,22H,13H2,1-5H3,(H,23,24). The highest BCUT2D eigenvalue weighted by molar-refractivity contribution is 7.89. The number of nitrogens with one attached hydrogen (secondary N) is 2. The van der Waals surface area contributed by atoms with Crippen LogP contribution >= 0.6 is 0 Å². The fourth-order valence-electron chi connectivity index (χ4n) is 3.09. The molecule has 0 aliphatic heterocycles. The third-order valence-corrected chi connectivity index (χ3v) is 6.50. The number of benzene rings is 2. The monoisotopic (exact) mass is 388 g/mol. The Morgan fingerprint density at radius 2 is 1.70 bits per heavy atom. The van der Waals surface area contributed by atoms with Crippen LogP contribution in [0.1, 0.15) is 46.8 Å². The van der Waals surface area contributed by atoms with Gasteiger partial charge in [0.1, 0.15) is 0 Å². The zero-order valence-corrected chi connectivity index (χ0v) is 17.4. The topological polar surface area (TPSA) is 75.3 Å². The molecule has 2 rings (SSSR count). The molecule has 0 spiro atoms. The van der Waals surface area contributed by atoms with Gasteiger partial charge in [-0.3, -0.25) is 4.79 Å². The molecule has 146 valence electrons. The van der Waals surface area contributed by atoms with Crippen molar-refractivity contribution in [3.05, 3.63) is 64.7 Å². The van der Waals surface area contributed by atoms with E-state index in [1.165, 1.54) is 18.7 Å². The van der Waals surface area contributed by atoms with Gasteiger partial charge in [0.2, 0.25) is 10.0 Å². The Labute approximate surface area is 162 Å². The van der Waals surface area contributed by atoms with Crippen molar-refractivity contribution in [3.63, 3.8) is 0 Å². The molecule has 0 saturated heterocycles. The van der Waals surface area contributed by atoms with Gasteiger partial charge in [0.15, 0.2) is 0 Å². The normalized spacial score (nSPS) is 12.8. The summed E-state index contributed by atoms with van der Waals surface area (Å²) in [6.45, 7) is 8.28. The molecule has 1 atom stereocenters. The molecule has 0 aliphatic carbocycles. The van der Waals surface area contributed by atoms with Crippen molar-refractivity contribution in [2.75, 3.05) is 13.6 Å². The molecule has 0 aromatic heterocycles. The summed E-state index contributed by atoms with van der Waals surface area (Å²) >= 11 is 0. The lowest BCUT2D eigenvalue weighted by Gasteiger charge is -2.22. The Hall–Kier alpha value is -2.18. The Kier molecular flexibility index (Phi) is 6.78. The molecule has 0 radical (unpaired) electrons. The predicted molar refractivity (Wildman–Crippen MR) is 109 cm³/mol. The number of rotatable bonds is 7. The van der Waals surface area contributed by atoms with Gasteiger partial charge in [-0.1, -0.05) is 44.2 Å². The van der Waals surface area contributed by atoms with Gasteiger partial charge in [0, 0.05) is 18.0 Å². The number of hydrogen-bond acceptors (Lipinski definition) is 3. The average molecular weight is 389 g/mol. The number of aryl methyl sites for hydroxylation is 1. The van der Waals surface area contributed by atoms with Gasteiger partial charge in [-0.15, -0.1) is 0 Å². The molecule has 0 aliphatic rings. The molecule has 2 aromatic rings. The van der Waals surface area contributed by atoms with Crippen LogP contribution in [0.2, 0.25) is 0 Å². The summed E-state index contributed by atoms with van der Waals surface area (Å²) < 4.78 is 26.8. The largest absolute Gasteiger partial charge is 0.351 e. The van der Waals surface area contributed by atoms with E-state index in [-0.39, 0.29) is 16.7 Å². The Morgan fingerprint density at radius 3 is 2.26 bits per heavy atom. The summed E-state index contributed by atoms with van der Waals surface area (Å²) in [5, 5.41) is 2.97. The lowest BCUT2D eigenvalue weighted by Crippen LogP contribution is -2.31. The van der Waals surface area contributed by atoms with Crippen LogP contribution in [0.4, 0.5) is 0 Å². The molecule has 2 aromatic carbocycles. The van der Waals surface area contributed by atoms with Crippen molar-refractivity contribution in [2.24, 2.45) is 5.92 Å².